The number of nitrogens with one attached hydrogen (secondary N) is 3. The van der Waals surface area contributed by atoms with Gasteiger partial charge in [0.25, 0.3) is 10.6 Å². The number of fused-ring (bicyclic) bond motifs is 1. The molecule has 0 radical (unpaired) electrons. The molecule has 0 aliphatic carbocycles. The third-order valence-electron chi connectivity index (χ3n) is 1.33. The molecule has 2 aromatic rings. The summed E-state index contributed by atoms with van der Waals surface area (Å²) in [6, 6.07) is 0. The number of nitrogens with zero attached hydrogens (tertiary/aromatic N) is 2. The third kappa shape index (κ3) is 2.65. The molecule has 4 N–H and O–H groups in total. The maximum absolute atomic E-state index is 10.9. The van der Waals surface area contributed by atoms with Gasteiger partial charge in [-0.25, -0.2) is 9.78 Å². The summed E-state index contributed by atoms with van der Waals surface area (Å²) in [5.74, 6) is 0. The topological polar surface area (TPSA) is 158 Å². The van der Waals surface area contributed by atoms with Crippen molar-refractivity contribution in [2.45, 2.75) is 0 Å². The van der Waals surface area contributed by atoms with Crippen molar-refractivity contribution in [1.29, 1.82) is 0 Å². The SMILES string of the molecule is O=[N+]([O-])O.O=c1[nH]c(=O)c2[nH]cnc2[nH]1. The largest absolute Gasteiger partial charge is 0.339 e. The van der Waals surface area contributed by atoms with Gasteiger partial charge in [-0.3, -0.25) is 14.8 Å². The van der Waals surface area contributed by atoms with Gasteiger partial charge in [0.2, 0.25) is 0 Å². The number of hydrogen-bond acceptors (Lipinski definition) is 5. The maximum atomic E-state index is 10.9. The molecule has 0 saturated carbocycles. The Morgan fingerprint density at radius 2 is 2.00 bits per heavy atom. The van der Waals surface area contributed by atoms with Crippen molar-refractivity contribution in [2.75, 3.05) is 0 Å². The van der Waals surface area contributed by atoms with Crippen LogP contribution < -0.4 is 11.2 Å². The first-order valence-corrected chi connectivity index (χ1v) is 3.49. The smallest absolute Gasteiger partial charge is 0.327 e. The molecule has 0 aromatic carbocycles. The first-order valence-electron chi connectivity index (χ1n) is 3.49. The van der Waals surface area contributed by atoms with Gasteiger partial charge in [-0.05, 0) is 0 Å². The number of H-pyrrole nitrogens is 3. The highest BCUT2D eigenvalue weighted by molar-refractivity contribution is 5.67. The lowest BCUT2D eigenvalue weighted by molar-refractivity contribution is -0.742. The van der Waals surface area contributed by atoms with Gasteiger partial charge in [0.05, 0.1) is 6.33 Å². The van der Waals surface area contributed by atoms with E-state index >= 15 is 0 Å². The van der Waals surface area contributed by atoms with Crippen LogP contribution in [0.3, 0.4) is 0 Å². The van der Waals surface area contributed by atoms with Crippen LogP contribution in [0.4, 0.5) is 0 Å². The van der Waals surface area contributed by atoms with Gasteiger partial charge in [0.15, 0.2) is 5.65 Å². The van der Waals surface area contributed by atoms with Gasteiger partial charge >= 0.3 is 5.69 Å². The van der Waals surface area contributed by atoms with Crippen molar-refractivity contribution in [2.24, 2.45) is 0 Å². The predicted molar refractivity (Wildman–Crippen MR) is 46.1 cm³/mol. The average Bonchev–Trinajstić information content (AvgIpc) is 2.50. The fourth-order valence-corrected chi connectivity index (χ4v) is 0.867. The van der Waals surface area contributed by atoms with Gasteiger partial charge in [-0.15, -0.1) is 10.1 Å². The number of hydrogen-bond donors (Lipinski definition) is 4. The van der Waals surface area contributed by atoms with Crippen molar-refractivity contribution in [3.63, 3.8) is 0 Å². The van der Waals surface area contributed by atoms with Gasteiger partial charge in [0, 0.05) is 0 Å². The van der Waals surface area contributed by atoms with Crippen LogP contribution in [0.2, 0.25) is 0 Å². The number of aromatic amines is 3. The molecule has 2 rings (SSSR count). The van der Waals surface area contributed by atoms with Gasteiger partial charge in [-0.2, -0.15) is 0 Å². The Hall–Kier alpha value is -2.65. The molecular formula is C5H5N5O5. The van der Waals surface area contributed by atoms with Crippen molar-refractivity contribution in [1.82, 2.24) is 19.9 Å². The van der Waals surface area contributed by atoms with E-state index in [-0.39, 0.29) is 11.2 Å². The molecule has 0 aliphatic rings. The van der Waals surface area contributed by atoms with Crippen molar-refractivity contribution >= 4 is 11.2 Å². The molecule has 2 heterocycles. The van der Waals surface area contributed by atoms with Crippen molar-refractivity contribution < 1.29 is 10.3 Å². The van der Waals surface area contributed by atoms with Crippen molar-refractivity contribution in [3.05, 3.63) is 37.3 Å². The average molecular weight is 215 g/mol. The Morgan fingerprint density at radius 3 is 2.60 bits per heavy atom. The minimum atomic E-state index is -1.50. The van der Waals surface area contributed by atoms with E-state index in [2.05, 4.69) is 19.9 Å². The lowest BCUT2D eigenvalue weighted by atomic mass is 10.5. The molecule has 15 heavy (non-hydrogen) atoms. The zero-order chi connectivity index (χ0) is 11.4. The van der Waals surface area contributed by atoms with Crippen LogP contribution in [0.5, 0.6) is 0 Å². The van der Waals surface area contributed by atoms with Crippen LogP contribution in [-0.2, 0) is 0 Å². The summed E-state index contributed by atoms with van der Waals surface area (Å²) in [6.07, 6.45) is 1.34. The minimum absolute atomic E-state index is 0.277. The molecule has 2 aromatic heterocycles. The van der Waals surface area contributed by atoms with Crippen molar-refractivity contribution in [3.8, 4) is 0 Å². The van der Waals surface area contributed by atoms with E-state index in [4.69, 9.17) is 15.3 Å². The van der Waals surface area contributed by atoms with E-state index in [1.807, 2.05) is 0 Å². The van der Waals surface area contributed by atoms with Crippen LogP contribution in [0.1, 0.15) is 0 Å². The second-order valence-electron chi connectivity index (χ2n) is 2.27. The molecule has 10 nitrogen and oxygen atoms in total. The summed E-state index contributed by atoms with van der Waals surface area (Å²) in [5.41, 5.74) is -0.445. The molecule has 0 aliphatic heterocycles. The summed E-state index contributed by atoms with van der Waals surface area (Å²) in [7, 11) is 0. The zero-order valence-electron chi connectivity index (χ0n) is 7.05. The summed E-state index contributed by atoms with van der Waals surface area (Å²) >= 11 is 0. The van der Waals surface area contributed by atoms with Gasteiger partial charge < -0.3 is 10.2 Å². The molecule has 80 valence electrons. The highest BCUT2D eigenvalue weighted by Crippen LogP contribution is 1.92. The fourth-order valence-electron chi connectivity index (χ4n) is 0.867. The van der Waals surface area contributed by atoms with Crippen LogP contribution in [0, 0.1) is 10.1 Å². The van der Waals surface area contributed by atoms with E-state index in [0.29, 0.717) is 0 Å². The van der Waals surface area contributed by atoms with Gasteiger partial charge in [-0.1, -0.05) is 0 Å². The zero-order valence-corrected chi connectivity index (χ0v) is 7.05. The second-order valence-corrected chi connectivity index (χ2v) is 2.27. The van der Waals surface area contributed by atoms with E-state index in [9.17, 15) is 9.59 Å². The molecule has 0 amide bonds. The number of aromatic nitrogens is 4. The standard InChI is InChI=1S/C5H4N4O2.HNO3/c10-4-2-3(7-1-6-2)8-5(11)9-4;2-1(3)4/h1H,(H3,6,7,8,9,10,11);(H,2,3,4). The Bertz CT molecular complexity index is 575. The Kier molecular flexibility index (Phi) is 2.81. The molecule has 0 saturated heterocycles. The van der Waals surface area contributed by atoms with Crippen LogP contribution in [0.25, 0.3) is 11.2 Å². The van der Waals surface area contributed by atoms with Crippen LogP contribution in [0.15, 0.2) is 15.9 Å². The minimum Gasteiger partial charge on any atom is -0.339 e. The predicted octanol–water partition coefficient (Wildman–Crippen LogP) is -1.41. The summed E-state index contributed by atoms with van der Waals surface area (Å²) in [4.78, 5) is 40.6. The lowest BCUT2D eigenvalue weighted by Crippen LogP contribution is -2.21. The Labute approximate surface area is 79.7 Å². The molecule has 0 spiro atoms. The Balaban J connectivity index is 0.000000245. The highest BCUT2D eigenvalue weighted by atomic mass is 16.9. The van der Waals surface area contributed by atoms with E-state index in [1.165, 1.54) is 6.33 Å². The molecule has 0 atom stereocenters. The molecule has 0 fully saturated rings. The van der Waals surface area contributed by atoms with E-state index in [0.717, 1.165) is 0 Å². The van der Waals surface area contributed by atoms with E-state index < -0.39 is 16.3 Å². The fraction of sp³-hybridized carbons (Fsp3) is 0. The molecule has 10 heteroatoms. The summed E-state index contributed by atoms with van der Waals surface area (Å²) in [6.45, 7) is 0. The molecular weight excluding hydrogens is 210 g/mol. The first-order chi connectivity index (χ1) is 7.00. The normalized spacial score (nSPS) is 9.33. The van der Waals surface area contributed by atoms with Crippen LogP contribution in [-0.4, -0.2) is 30.2 Å². The molecule has 0 bridgehead atoms. The highest BCUT2D eigenvalue weighted by Gasteiger charge is 1.99. The second kappa shape index (κ2) is 4.04. The van der Waals surface area contributed by atoms with Gasteiger partial charge in [0.1, 0.15) is 5.52 Å². The first kappa shape index (κ1) is 10.4. The maximum Gasteiger partial charge on any atom is 0.327 e. The van der Waals surface area contributed by atoms with Crippen LogP contribution >= 0.6 is 0 Å². The quantitative estimate of drug-likeness (QED) is 0.312. The lowest BCUT2D eigenvalue weighted by Gasteiger charge is -1.83. The third-order valence-corrected chi connectivity index (χ3v) is 1.33. The summed E-state index contributed by atoms with van der Waals surface area (Å²) < 4.78 is 0. The number of rotatable bonds is 0. The monoisotopic (exact) mass is 215 g/mol. The Morgan fingerprint density at radius 1 is 1.40 bits per heavy atom. The molecule has 0 unspecified atom stereocenters. The number of imidazole rings is 1. The summed E-state index contributed by atoms with van der Waals surface area (Å²) in [5, 5.41) is 13.6. The van der Waals surface area contributed by atoms with E-state index in [1.54, 1.807) is 0 Å².